The Morgan fingerprint density at radius 2 is 1.76 bits per heavy atom. The van der Waals surface area contributed by atoms with Gasteiger partial charge in [-0.3, -0.25) is 0 Å². The number of hydrogen-bond acceptors (Lipinski definition) is 2. The van der Waals surface area contributed by atoms with Crippen molar-refractivity contribution in [2.45, 2.75) is 39.5 Å². The van der Waals surface area contributed by atoms with E-state index in [4.69, 9.17) is 4.74 Å². The fourth-order valence-electron chi connectivity index (χ4n) is 1.85. The zero-order valence-electron chi connectivity index (χ0n) is 11.5. The summed E-state index contributed by atoms with van der Waals surface area (Å²) in [6.45, 7) is 11.6. The van der Waals surface area contributed by atoms with E-state index in [1.807, 2.05) is 6.92 Å². The maximum atomic E-state index is 5.46. The summed E-state index contributed by atoms with van der Waals surface area (Å²) in [5, 5.41) is 3.48. The molecule has 1 aromatic carbocycles. The second kappa shape index (κ2) is 6.65. The fourth-order valence-corrected chi connectivity index (χ4v) is 1.85. The average molecular weight is 235 g/mol. The number of benzene rings is 1. The van der Waals surface area contributed by atoms with Crippen LogP contribution in [0.15, 0.2) is 24.3 Å². The molecule has 0 saturated carbocycles. The standard InChI is InChI=1S/C15H25NO/c1-5-11-16-12-15(3,4)13-7-9-14(10-8-13)17-6-2/h7-10,16H,5-6,11-12H2,1-4H3. The van der Waals surface area contributed by atoms with Crippen LogP contribution in [0, 0.1) is 0 Å². The molecular formula is C15H25NO. The summed E-state index contributed by atoms with van der Waals surface area (Å²) >= 11 is 0. The maximum Gasteiger partial charge on any atom is 0.119 e. The Bertz CT molecular complexity index is 316. The molecule has 0 saturated heterocycles. The number of hydrogen-bond donors (Lipinski definition) is 1. The van der Waals surface area contributed by atoms with E-state index < -0.39 is 0 Å². The summed E-state index contributed by atoms with van der Waals surface area (Å²) in [6.07, 6.45) is 1.18. The first-order valence-corrected chi connectivity index (χ1v) is 6.54. The van der Waals surface area contributed by atoms with Gasteiger partial charge in [0.25, 0.3) is 0 Å². The quantitative estimate of drug-likeness (QED) is 0.732. The molecule has 0 aromatic heterocycles. The monoisotopic (exact) mass is 235 g/mol. The summed E-state index contributed by atoms with van der Waals surface area (Å²) < 4.78 is 5.46. The van der Waals surface area contributed by atoms with Crippen molar-refractivity contribution in [3.63, 3.8) is 0 Å². The highest BCUT2D eigenvalue weighted by atomic mass is 16.5. The molecule has 0 bridgehead atoms. The molecule has 0 spiro atoms. The third-order valence-corrected chi connectivity index (χ3v) is 2.94. The smallest absolute Gasteiger partial charge is 0.119 e. The van der Waals surface area contributed by atoms with Crippen LogP contribution in [0.25, 0.3) is 0 Å². The van der Waals surface area contributed by atoms with E-state index in [0.717, 1.165) is 25.4 Å². The lowest BCUT2D eigenvalue weighted by Crippen LogP contribution is -2.33. The van der Waals surface area contributed by atoms with E-state index in [0.29, 0.717) is 0 Å². The lowest BCUT2D eigenvalue weighted by Gasteiger charge is -2.26. The SMILES string of the molecule is CCCNCC(C)(C)c1ccc(OCC)cc1. The molecular weight excluding hydrogens is 210 g/mol. The number of ether oxygens (including phenoxy) is 1. The van der Waals surface area contributed by atoms with Crippen molar-refractivity contribution >= 4 is 0 Å². The Labute approximate surface area is 105 Å². The minimum atomic E-state index is 0.167. The molecule has 1 rings (SSSR count). The predicted molar refractivity (Wildman–Crippen MR) is 73.8 cm³/mol. The normalized spacial score (nSPS) is 11.5. The van der Waals surface area contributed by atoms with Crippen LogP contribution in [0.5, 0.6) is 5.75 Å². The van der Waals surface area contributed by atoms with Crippen molar-refractivity contribution < 1.29 is 4.74 Å². The fraction of sp³-hybridized carbons (Fsp3) is 0.600. The van der Waals surface area contributed by atoms with Gasteiger partial charge in [-0.1, -0.05) is 32.9 Å². The van der Waals surface area contributed by atoms with Gasteiger partial charge >= 0.3 is 0 Å². The second-order valence-electron chi connectivity index (χ2n) is 5.02. The molecule has 0 amide bonds. The Kier molecular flexibility index (Phi) is 5.49. The Hall–Kier alpha value is -1.02. The van der Waals surface area contributed by atoms with Crippen LogP contribution < -0.4 is 10.1 Å². The molecule has 1 N–H and O–H groups in total. The third kappa shape index (κ3) is 4.39. The molecule has 0 atom stereocenters. The van der Waals surface area contributed by atoms with Crippen molar-refractivity contribution in [1.82, 2.24) is 5.32 Å². The minimum absolute atomic E-state index is 0.167. The largest absolute Gasteiger partial charge is 0.494 e. The van der Waals surface area contributed by atoms with Gasteiger partial charge < -0.3 is 10.1 Å². The molecule has 0 aliphatic carbocycles. The van der Waals surface area contributed by atoms with E-state index >= 15 is 0 Å². The molecule has 96 valence electrons. The number of nitrogens with one attached hydrogen (secondary N) is 1. The minimum Gasteiger partial charge on any atom is -0.494 e. The average Bonchev–Trinajstić information content (AvgIpc) is 2.30. The van der Waals surface area contributed by atoms with Gasteiger partial charge in [-0.2, -0.15) is 0 Å². The summed E-state index contributed by atoms with van der Waals surface area (Å²) in [6, 6.07) is 8.44. The van der Waals surface area contributed by atoms with E-state index in [1.54, 1.807) is 0 Å². The zero-order valence-corrected chi connectivity index (χ0v) is 11.5. The maximum absolute atomic E-state index is 5.46. The van der Waals surface area contributed by atoms with Gasteiger partial charge in [0.15, 0.2) is 0 Å². The van der Waals surface area contributed by atoms with Crippen molar-refractivity contribution in [3.8, 4) is 5.75 Å². The van der Waals surface area contributed by atoms with Crippen molar-refractivity contribution in [2.75, 3.05) is 19.7 Å². The van der Waals surface area contributed by atoms with Crippen LogP contribution in [-0.4, -0.2) is 19.7 Å². The first-order chi connectivity index (χ1) is 8.10. The Balaban J connectivity index is 2.63. The molecule has 0 fully saturated rings. The van der Waals surface area contributed by atoms with Gasteiger partial charge in [0.2, 0.25) is 0 Å². The Morgan fingerprint density at radius 1 is 1.12 bits per heavy atom. The molecule has 0 unspecified atom stereocenters. The second-order valence-corrected chi connectivity index (χ2v) is 5.02. The van der Waals surface area contributed by atoms with Crippen molar-refractivity contribution in [2.24, 2.45) is 0 Å². The lowest BCUT2D eigenvalue weighted by atomic mass is 9.84. The molecule has 2 nitrogen and oxygen atoms in total. The zero-order chi connectivity index (χ0) is 12.7. The highest BCUT2D eigenvalue weighted by Crippen LogP contribution is 2.24. The summed E-state index contributed by atoms with van der Waals surface area (Å²) in [7, 11) is 0. The van der Waals surface area contributed by atoms with Crippen LogP contribution in [0.4, 0.5) is 0 Å². The van der Waals surface area contributed by atoms with Crippen LogP contribution in [-0.2, 0) is 5.41 Å². The van der Waals surface area contributed by atoms with Gasteiger partial charge in [0.1, 0.15) is 5.75 Å². The summed E-state index contributed by atoms with van der Waals surface area (Å²) in [5.41, 5.74) is 1.52. The first-order valence-electron chi connectivity index (χ1n) is 6.54. The molecule has 2 heteroatoms. The first kappa shape index (κ1) is 14.0. The van der Waals surface area contributed by atoms with Gasteiger partial charge in [0, 0.05) is 12.0 Å². The summed E-state index contributed by atoms with van der Waals surface area (Å²) in [5.74, 6) is 0.952. The lowest BCUT2D eigenvalue weighted by molar-refractivity contribution is 0.340. The van der Waals surface area contributed by atoms with Crippen molar-refractivity contribution in [1.29, 1.82) is 0 Å². The van der Waals surface area contributed by atoms with E-state index in [1.165, 1.54) is 12.0 Å². The predicted octanol–water partition coefficient (Wildman–Crippen LogP) is 3.36. The van der Waals surface area contributed by atoms with Crippen LogP contribution in [0.1, 0.15) is 39.7 Å². The molecule has 0 aliphatic rings. The van der Waals surface area contributed by atoms with E-state index in [2.05, 4.69) is 50.4 Å². The molecule has 0 aliphatic heterocycles. The van der Waals surface area contributed by atoms with Gasteiger partial charge in [-0.05, 0) is 37.6 Å². The van der Waals surface area contributed by atoms with Gasteiger partial charge in [0.05, 0.1) is 6.61 Å². The third-order valence-electron chi connectivity index (χ3n) is 2.94. The van der Waals surface area contributed by atoms with Crippen LogP contribution >= 0.6 is 0 Å². The molecule has 0 radical (unpaired) electrons. The van der Waals surface area contributed by atoms with Crippen molar-refractivity contribution in [3.05, 3.63) is 29.8 Å². The summed E-state index contributed by atoms with van der Waals surface area (Å²) in [4.78, 5) is 0. The van der Waals surface area contributed by atoms with Crippen LogP contribution in [0.2, 0.25) is 0 Å². The number of rotatable bonds is 7. The molecule has 1 aromatic rings. The molecule has 0 heterocycles. The van der Waals surface area contributed by atoms with E-state index in [9.17, 15) is 0 Å². The van der Waals surface area contributed by atoms with E-state index in [-0.39, 0.29) is 5.41 Å². The Morgan fingerprint density at radius 3 is 2.29 bits per heavy atom. The molecule has 17 heavy (non-hydrogen) atoms. The van der Waals surface area contributed by atoms with Crippen LogP contribution in [0.3, 0.4) is 0 Å². The van der Waals surface area contributed by atoms with Gasteiger partial charge in [-0.15, -0.1) is 0 Å². The van der Waals surface area contributed by atoms with Gasteiger partial charge in [-0.25, -0.2) is 0 Å². The topological polar surface area (TPSA) is 21.3 Å². The highest BCUT2D eigenvalue weighted by Gasteiger charge is 2.19. The highest BCUT2D eigenvalue weighted by molar-refractivity contribution is 5.31.